The van der Waals surface area contributed by atoms with Gasteiger partial charge in [-0.1, -0.05) is 48.5 Å². The second-order valence-electron chi connectivity index (χ2n) is 6.80. The zero-order valence-corrected chi connectivity index (χ0v) is 15.6. The van der Waals surface area contributed by atoms with Gasteiger partial charge in [0.1, 0.15) is 11.6 Å². The maximum atomic E-state index is 13.9. The van der Waals surface area contributed by atoms with Gasteiger partial charge in [-0.15, -0.1) is 0 Å². The molecule has 0 fully saturated rings. The first-order chi connectivity index (χ1) is 13.6. The number of aromatic nitrogens is 2. The number of fused-ring (bicyclic) bond motifs is 1. The van der Waals surface area contributed by atoms with Crippen molar-refractivity contribution in [2.24, 2.45) is 5.73 Å². The summed E-state index contributed by atoms with van der Waals surface area (Å²) >= 11 is 0. The van der Waals surface area contributed by atoms with E-state index in [0.29, 0.717) is 23.5 Å². The first-order valence-corrected chi connectivity index (χ1v) is 9.28. The molecule has 0 spiro atoms. The van der Waals surface area contributed by atoms with Gasteiger partial charge in [0.25, 0.3) is 0 Å². The Morgan fingerprint density at radius 3 is 2.39 bits per heavy atom. The average molecular weight is 375 g/mol. The molecule has 1 heterocycles. The topological polar surface area (TPSA) is 53.1 Å². The molecule has 4 aromatic rings. The van der Waals surface area contributed by atoms with Crippen molar-refractivity contribution >= 4 is 11.0 Å². The minimum atomic E-state index is -0.473. The largest absolute Gasteiger partial charge is 0.372 e. The molecule has 0 saturated heterocycles. The Labute approximate surface area is 163 Å². The Hall–Kier alpha value is -3.02. The van der Waals surface area contributed by atoms with E-state index in [-0.39, 0.29) is 11.9 Å². The number of rotatable bonds is 6. The van der Waals surface area contributed by atoms with E-state index in [4.69, 9.17) is 15.5 Å². The number of benzene rings is 3. The zero-order chi connectivity index (χ0) is 19.5. The van der Waals surface area contributed by atoms with Crippen LogP contribution in [0.5, 0.6) is 0 Å². The number of halogens is 1. The Bertz CT molecular complexity index is 1060. The van der Waals surface area contributed by atoms with Gasteiger partial charge >= 0.3 is 0 Å². The molecule has 3 aromatic carbocycles. The summed E-state index contributed by atoms with van der Waals surface area (Å²) in [6.07, 6.45) is -0.274. The summed E-state index contributed by atoms with van der Waals surface area (Å²) in [5.41, 5.74) is 9.90. The van der Waals surface area contributed by atoms with Crippen LogP contribution in [0.1, 0.15) is 24.4 Å². The van der Waals surface area contributed by atoms with E-state index in [1.54, 1.807) is 6.07 Å². The molecule has 1 aromatic heterocycles. The van der Waals surface area contributed by atoms with Crippen molar-refractivity contribution in [1.29, 1.82) is 0 Å². The third kappa shape index (κ3) is 3.67. The van der Waals surface area contributed by atoms with Crippen molar-refractivity contribution in [3.8, 4) is 5.69 Å². The number of imidazole rings is 1. The fourth-order valence-electron chi connectivity index (χ4n) is 3.25. The van der Waals surface area contributed by atoms with E-state index in [1.807, 2.05) is 72.2 Å². The Morgan fingerprint density at radius 2 is 1.68 bits per heavy atom. The van der Waals surface area contributed by atoms with Gasteiger partial charge in [-0.2, -0.15) is 0 Å². The summed E-state index contributed by atoms with van der Waals surface area (Å²) in [7, 11) is 0. The molecular formula is C23H22FN3O. The lowest BCUT2D eigenvalue weighted by atomic mass is 10.1. The summed E-state index contributed by atoms with van der Waals surface area (Å²) in [6, 6.07) is 23.8. The Balaban J connectivity index is 1.69. The van der Waals surface area contributed by atoms with Crippen LogP contribution in [-0.4, -0.2) is 15.7 Å². The van der Waals surface area contributed by atoms with Gasteiger partial charge in [-0.05, 0) is 36.8 Å². The minimum Gasteiger partial charge on any atom is -0.372 e. The highest BCUT2D eigenvalue weighted by Gasteiger charge is 2.24. The van der Waals surface area contributed by atoms with Gasteiger partial charge in [0.15, 0.2) is 0 Å². The molecule has 142 valence electrons. The van der Waals surface area contributed by atoms with Crippen molar-refractivity contribution in [2.75, 3.05) is 0 Å². The summed E-state index contributed by atoms with van der Waals surface area (Å²) in [4.78, 5) is 4.70. The fraction of sp³-hybridized carbons (Fsp3) is 0.174. The van der Waals surface area contributed by atoms with Crippen LogP contribution in [0.4, 0.5) is 4.39 Å². The predicted molar refractivity (Wildman–Crippen MR) is 109 cm³/mol. The highest BCUT2D eigenvalue weighted by atomic mass is 19.1. The van der Waals surface area contributed by atoms with Crippen molar-refractivity contribution < 1.29 is 9.13 Å². The number of nitrogens with zero attached hydrogens (tertiary/aromatic N) is 2. The maximum Gasteiger partial charge on any atom is 0.134 e. The molecule has 0 bridgehead atoms. The molecule has 4 nitrogen and oxygen atoms in total. The molecule has 0 amide bonds. The molecule has 0 saturated carbocycles. The summed E-state index contributed by atoms with van der Waals surface area (Å²) in [5.74, 6) is 0.338. The first kappa shape index (κ1) is 18.3. The molecule has 2 atom stereocenters. The zero-order valence-electron chi connectivity index (χ0n) is 15.6. The van der Waals surface area contributed by atoms with Gasteiger partial charge in [-0.3, -0.25) is 4.57 Å². The summed E-state index contributed by atoms with van der Waals surface area (Å²) in [5, 5.41) is 0. The van der Waals surface area contributed by atoms with E-state index in [0.717, 1.165) is 11.3 Å². The van der Waals surface area contributed by atoms with Crippen LogP contribution in [0.3, 0.4) is 0 Å². The van der Waals surface area contributed by atoms with Crippen LogP contribution in [-0.2, 0) is 11.3 Å². The van der Waals surface area contributed by atoms with E-state index < -0.39 is 6.04 Å². The SMILES string of the molecule is C[C@@H](OCc1ccccc1)[C@H](N)c1nc2ccc(F)cc2n1-c1ccccc1. The van der Waals surface area contributed by atoms with Gasteiger partial charge in [0, 0.05) is 11.8 Å². The van der Waals surface area contributed by atoms with E-state index in [9.17, 15) is 4.39 Å². The van der Waals surface area contributed by atoms with Crippen LogP contribution in [0.25, 0.3) is 16.7 Å². The maximum absolute atomic E-state index is 13.9. The van der Waals surface area contributed by atoms with Gasteiger partial charge in [-0.25, -0.2) is 9.37 Å². The quantitative estimate of drug-likeness (QED) is 0.528. The summed E-state index contributed by atoms with van der Waals surface area (Å²) < 4.78 is 21.8. The molecule has 0 aliphatic carbocycles. The molecule has 0 radical (unpaired) electrons. The van der Waals surface area contributed by atoms with E-state index in [2.05, 4.69) is 0 Å². The standard InChI is InChI=1S/C23H22FN3O/c1-16(28-15-17-8-4-2-5-9-17)22(25)23-26-20-13-12-18(24)14-21(20)27(23)19-10-6-3-7-11-19/h2-14,16,22H,15,25H2,1H3/t16-,22+/m1/s1. The molecule has 0 aliphatic rings. The minimum absolute atomic E-state index is 0.274. The third-order valence-corrected chi connectivity index (χ3v) is 4.82. The van der Waals surface area contributed by atoms with E-state index >= 15 is 0 Å². The van der Waals surface area contributed by atoms with Gasteiger partial charge in [0.05, 0.1) is 29.8 Å². The van der Waals surface area contributed by atoms with Crippen LogP contribution in [0.2, 0.25) is 0 Å². The average Bonchev–Trinajstić information content (AvgIpc) is 3.11. The molecule has 0 aliphatic heterocycles. The van der Waals surface area contributed by atoms with Gasteiger partial charge in [0.2, 0.25) is 0 Å². The molecule has 0 unspecified atom stereocenters. The van der Waals surface area contributed by atoms with Crippen LogP contribution >= 0.6 is 0 Å². The first-order valence-electron chi connectivity index (χ1n) is 9.28. The number of hydrogen-bond acceptors (Lipinski definition) is 3. The number of para-hydroxylation sites is 1. The number of ether oxygens (including phenoxy) is 1. The van der Waals surface area contributed by atoms with Crippen LogP contribution in [0.15, 0.2) is 78.9 Å². The number of hydrogen-bond donors (Lipinski definition) is 1. The monoisotopic (exact) mass is 375 g/mol. The highest BCUT2D eigenvalue weighted by Crippen LogP contribution is 2.27. The fourth-order valence-corrected chi connectivity index (χ4v) is 3.25. The smallest absolute Gasteiger partial charge is 0.134 e. The lowest BCUT2D eigenvalue weighted by molar-refractivity contribution is 0.0337. The van der Waals surface area contributed by atoms with Crippen LogP contribution < -0.4 is 5.73 Å². The molecule has 5 heteroatoms. The Morgan fingerprint density at radius 1 is 1.00 bits per heavy atom. The lowest BCUT2D eigenvalue weighted by Gasteiger charge is -2.21. The highest BCUT2D eigenvalue weighted by molar-refractivity contribution is 5.78. The summed E-state index contributed by atoms with van der Waals surface area (Å²) in [6.45, 7) is 2.40. The Kier molecular flexibility index (Phi) is 5.19. The second kappa shape index (κ2) is 7.92. The second-order valence-corrected chi connectivity index (χ2v) is 6.80. The molecule has 28 heavy (non-hydrogen) atoms. The van der Waals surface area contributed by atoms with Crippen molar-refractivity contribution in [3.05, 3.63) is 96.1 Å². The van der Waals surface area contributed by atoms with Crippen molar-refractivity contribution in [1.82, 2.24) is 9.55 Å². The normalized spacial score (nSPS) is 13.5. The predicted octanol–water partition coefficient (Wildman–Crippen LogP) is 4.77. The van der Waals surface area contributed by atoms with Gasteiger partial charge < -0.3 is 10.5 Å². The van der Waals surface area contributed by atoms with Crippen LogP contribution in [0, 0.1) is 5.82 Å². The third-order valence-electron chi connectivity index (χ3n) is 4.82. The van der Waals surface area contributed by atoms with Crippen molar-refractivity contribution in [3.63, 3.8) is 0 Å². The number of nitrogens with two attached hydrogens (primary N) is 1. The molecule has 4 rings (SSSR count). The lowest BCUT2D eigenvalue weighted by Crippen LogP contribution is -2.29. The molecule has 2 N–H and O–H groups in total. The van der Waals surface area contributed by atoms with Crippen molar-refractivity contribution in [2.45, 2.75) is 25.7 Å². The molecular weight excluding hydrogens is 353 g/mol. The van der Waals surface area contributed by atoms with E-state index in [1.165, 1.54) is 12.1 Å².